The molecular weight excluding hydrogens is 272 g/mol. The molecule has 0 amide bonds. The maximum atomic E-state index is 10.8. The lowest BCUT2D eigenvalue weighted by molar-refractivity contribution is 0.112. The number of hydrogen-bond acceptors (Lipinski definition) is 6. The van der Waals surface area contributed by atoms with Crippen molar-refractivity contribution in [3.8, 4) is 11.5 Å². The number of hydrogen-bond donors (Lipinski definition) is 0. The largest absolute Gasteiger partial charge is 0.490 e. The van der Waals surface area contributed by atoms with E-state index < -0.39 is 0 Å². The third-order valence-corrected chi connectivity index (χ3v) is 2.74. The molecule has 112 valence electrons. The van der Waals surface area contributed by atoms with Crippen molar-refractivity contribution in [3.05, 3.63) is 35.5 Å². The lowest BCUT2D eigenvalue weighted by atomic mass is 10.2. The van der Waals surface area contributed by atoms with Crippen molar-refractivity contribution in [1.82, 2.24) is 10.1 Å². The molecule has 2 aromatic rings. The maximum Gasteiger partial charge on any atom is 0.264 e. The van der Waals surface area contributed by atoms with Crippen molar-refractivity contribution in [2.24, 2.45) is 0 Å². The standard InChI is InChI=1S/C15H18N2O4/c1-3-5-14-16-15(21-17-14)10-20-12-7-6-11(9-18)8-13(12)19-4-2/h6-9H,3-5,10H2,1-2H3. The quantitative estimate of drug-likeness (QED) is 0.696. The molecule has 0 atom stereocenters. The van der Waals surface area contributed by atoms with Gasteiger partial charge in [0.1, 0.15) is 6.29 Å². The predicted molar refractivity (Wildman–Crippen MR) is 75.6 cm³/mol. The van der Waals surface area contributed by atoms with Gasteiger partial charge in [-0.05, 0) is 31.5 Å². The Hall–Kier alpha value is -2.37. The molecule has 6 nitrogen and oxygen atoms in total. The summed E-state index contributed by atoms with van der Waals surface area (Å²) in [6.07, 6.45) is 2.50. The van der Waals surface area contributed by atoms with Crippen LogP contribution in [0, 0.1) is 0 Å². The Labute approximate surface area is 123 Å². The third kappa shape index (κ3) is 4.05. The zero-order valence-electron chi connectivity index (χ0n) is 12.2. The van der Waals surface area contributed by atoms with Crippen molar-refractivity contribution >= 4 is 6.29 Å². The second-order valence-electron chi connectivity index (χ2n) is 4.40. The van der Waals surface area contributed by atoms with E-state index in [4.69, 9.17) is 14.0 Å². The highest BCUT2D eigenvalue weighted by Crippen LogP contribution is 2.28. The number of aryl methyl sites for hydroxylation is 1. The van der Waals surface area contributed by atoms with Gasteiger partial charge in [0.25, 0.3) is 5.89 Å². The Morgan fingerprint density at radius 1 is 1.24 bits per heavy atom. The highest BCUT2D eigenvalue weighted by molar-refractivity contribution is 5.76. The van der Waals surface area contributed by atoms with E-state index in [1.165, 1.54) is 0 Å². The molecule has 1 aromatic heterocycles. The fourth-order valence-corrected chi connectivity index (χ4v) is 1.80. The Kier molecular flexibility index (Phi) is 5.31. The smallest absolute Gasteiger partial charge is 0.264 e. The first-order valence-electron chi connectivity index (χ1n) is 6.93. The minimum absolute atomic E-state index is 0.164. The summed E-state index contributed by atoms with van der Waals surface area (Å²) in [5.74, 6) is 2.16. The normalized spacial score (nSPS) is 10.4. The van der Waals surface area contributed by atoms with Crippen LogP contribution in [0.1, 0.15) is 42.3 Å². The average molecular weight is 290 g/mol. The lowest BCUT2D eigenvalue weighted by Crippen LogP contribution is -2.01. The fraction of sp³-hybridized carbons (Fsp3) is 0.400. The van der Waals surface area contributed by atoms with Crippen molar-refractivity contribution in [2.45, 2.75) is 33.3 Å². The van der Waals surface area contributed by atoms with Crippen molar-refractivity contribution in [1.29, 1.82) is 0 Å². The van der Waals surface area contributed by atoms with E-state index in [1.54, 1.807) is 18.2 Å². The molecule has 1 aromatic carbocycles. The van der Waals surface area contributed by atoms with Crippen LogP contribution >= 0.6 is 0 Å². The summed E-state index contributed by atoms with van der Waals surface area (Å²) in [7, 11) is 0. The van der Waals surface area contributed by atoms with Gasteiger partial charge in [-0.25, -0.2) is 0 Å². The Morgan fingerprint density at radius 2 is 2.10 bits per heavy atom. The summed E-state index contributed by atoms with van der Waals surface area (Å²) in [5, 5.41) is 3.86. The first kappa shape index (κ1) is 15.0. The van der Waals surface area contributed by atoms with Gasteiger partial charge in [0.05, 0.1) is 6.61 Å². The number of ether oxygens (including phenoxy) is 2. The van der Waals surface area contributed by atoms with Gasteiger partial charge in [0.15, 0.2) is 23.9 Å². The summed E-state index contributed by atoms with van der Waals surface area (Å²) in [5.41, 5.74) is 0.536. The van der Waals surface area contributed by atoms with E-state index in [9.17, 15) is 4.79 Å². The molecule has 0 saturated carbocycles. The molecule has 0 spiro atoms. The molecule has 1 heterocycles. The van der Waals surface area contributed by atoms with Gasteiger partial charge in [-0.2, -0.15) is 4.98 Å². The number of benzene rings is 1. The highest BCUT2D eigenvalue weighted by atomic mass is 16.5. The van der Waals surface area contributed by atoms with Crippen molar-refractivity contribution < 1.29 is 18.8 Å². The van der Waals surface area contributed by atoms with Crippen LogP contribution in [0.2, 0.25) is 0 Å². The monoisotopic (exact) mass is 290 g/mol. The van der Waals surface area contributed by atoms with Crippen molar-refractivity contribution in [2.75, 3.05) is 6.61 Å². The molecule has 6 heteroatoms. The molecule has 0 N–H and O–H groups in total. The Morgan fingerprint density at radius 3 is 2.81 bits per heavy atom. The zero-order chi connectivity index (χ0) is 15.1. The second-order valence-corrected chi connectivity index (χ2v) is 4.40. The van der Waals surface area contributed by atoms with Crippen LogP contribution in [0.15, 0.2) is 22.7 Å². The van der Waals surface area contributed by atoms with Crippen LogP contribution in [-0.4, -0.2) is 23.0 Å². The average Bonchev–Trinajstić information content (AvgIpc) is 2.94. The second kappa shape index (κ2) is 7.42. The molecule has 0 fully saturated rings. The van der Waals surface area contributed by atoms with Crippen LogP contribution < -0.4 is 9.47 Å². The Balaban J connectivity index is 2.05. The van der Waals surface area contributed by atoms with Crippen LogP contribution in [0.5, 0.6) is 11.5 Å². The molecule has 2 rings (SSSR count). The summed E-state index contributed by atoms with van der Waals surface area (Å²) in [6.45, 7) is 4.57. The van der Waals surface area contributed by atoms with Crippen molar-refractivity contribution in [3.63, 3.8) is 0 Å². The predicted octanol–water partition coefficient (Wildman–Crippen LogP) is 2.81. The third-order valence-electron chi connectivity index (χ3n) is 2.74. The molecule has 0 bridgehead atoms. The lowest BCUT2D eigenvalue weighted by Gasteiger charge is -2.10. The molecule has 0 aliphatic rings. The van der Waals surface area contributed by atoms with Gasteiger partial charge in [-0.15, -0.1) is 0 Å². The molecule has 0 saturated heterocycles. The van der Waals surface area contributed by atoms with Gasteiger partial charge >= 0.3 is 0 Å². The Bertz CT molecular complexity index is 595. The molecule has 0 unspecified atom stereocenters. The topological polar surface area (TPSA) is 74.5 Å². The van der Waals surface area contributed by atoms with Gasteiger partial charge in [-0.1, -0.05) is 12.1 Å². The van der Waals surface area contributed by atoms with E-state index in [-0.39, 0.29) is 6.61 Å². The molecule has 0 aliphatic heterocycles. The maximum absolute atomic E-state index is 10.8. The first-order chi connectivity index (χ1) is 10.3. The summed E-state index contributed by atoms with van der Waals surface area (Å²) < 4.78 is 16.2. The molecule has 0 aliphatic carbocycles. The summed E-state index contributed by atoms with van der Waals surface area (Å²) in [6, 6.07) is 5.00. The van der Waals surface area contributed by atoms with E-state index in [0.717, 1.165) is 19.1 Å². The van der Waals surface area contributed by atoms with Crippen LogP contribution in [0.25, 0.3) is 0 Å². The van der Waals surface area contributed by atoms with Crippen LogP contribution in [0.3, 0.4) is 0 Å². The molecular formula is C15H18N2O4. The van der Waals surface area contributed by atoms with E-state index >= 15 is 0 Å². The number of carbonyl (C=O) groups is 1. The number of carbonyl (C=O) groups excluding carboxylic acids is 1. The number of rotatable bonds is 8. The summed E-state index contributed by atoms with van der Waals surface area (Å²) in [4.78, 5) is 15.0. The zero-order valence-corrected chi connectivity index (χ0v) is 12.2. The number of aldehydes is 1. The van der Waals surface area contributed by atoms with Gasteiger partial charge in [-0.3, -0.25) is 4.79 Å². The molecule has 0 radical (unpaired) electrons. The van der Waals surface area contributed by atoms with Gasteiger partial charge in [0, 0.05) is 12.0 Å². The number of nitrogens with zero attached hydrogens (tertiary/aromatic N) is 2. The minimum Gasteiger partial charge on any atom is -0.490 e. The number of aromatic nitrogens is 2. The summed E-state index contributed by atoms with van der Waals surface area (Å²) >= 11 is 0. The first-order valence-corrected chi connectivity index (χ1v) is 6.93. The SMILES string of the molecule is CCCc1noc(COc2ccc(C=O)cc2OCC)n1. The van der Waals surface area contributed by atoms with Crippen LogP contribution in [-0.2, 0) is 13.0 Å². The minimum atomic E-state index is 0.164. The van der Waals surface area contributed by atoms with E-state index in [0.29, 0.717) is 35.4 Å². The van der Waals surface area contributed by atoms with Crippen LogP contribution in [0.4, 0.5) is 0 Å². The fourth-order valence-electron chi connectivity index (χ4n) is 1.80. The van der Waals surface area contributed by atoms with Gasteiger partial charge < -0.3 is 14.0 Å². The van der Waals surface area contributed by atoms with Gasteiger partial charge in [0.2, 0.25) is 0 Å². The molecule has 21 heavy (non-hydrogen) atoms. The van der Waals surface area contributed by atoms with E-state index in [2.05, 4.69) is 17.1 Å². The highest BCUT2D eigenvalue weighted by Gasteiger charge is 2.10. The van der Waals surface area contributed by atoms with E-state index in [1.807, 2.05) is 6.92 Å².